The lowest BCUT2D eigenvalue weighted by Gasteiger charge is -2.17. The molecule has 36 heavy (non-hydrogen) atoms. The minimum Gasteiger partial charge on any atom is -0.508 e. The third-order valence-electron chi connectivity index (χ3n) is 7.15. The van der Waals surface area contributed by atoms with Gasteiger partial charge in [0.1, 0.15) is 12.4 Å². The molecule has 0 saturated carbocycles. The van der Waals surface area contributed by atoms with Crippen LogP contribution in [0.5, 0.6) is 11.5 Å². The zero-order chi connectivity index (χ0) is 25.8. The molecule has 1 heterocycles. The largest absolute Gasteiger partial charge is 0.508 e. The van der Waals surface area contributed by atoms with E-state index < -0.39 is 0 Å². The first kappa shape index (κ1) is 30.0. The van der Waals surface area contributed by atoms with Gasteiger partial charge in [0, 0.05) is 18.8 Å². The Morgan fingerprint density at radius 3 is 1.69 bits per heavy atom. The Kier molecular flexibility index (Phi) is 15.8. The van der Waals surface area contributed by atoms with Crippen LogP contribution in [0.15, 0.2) is 41.3 Å². The normalized spacial score (nSPS) is 11.2. The van der Waals surface area contributed by atoms with Gasteiger partial charge in [-0.05, 0) is 30.5 Å². The molecule has 2 rings (SSSR count). The van der Waals surface area contributed by atoms with Gasteiger partial charge in [-0.25, -0.2) is 0 Å². The van der Waals surface area contributed by atoms with Crippen LogP contribution in [0.3, 0.4) is 0 Å². The van der Waals surface area contributed by atoms with E-state index in [2.05, 4.69) is 18.4 Å². The first-order valence-electron chi connectivity index (χ1n) is 14.8. The zero-order valence-corrected chi connectivity index (χ0v) is 23.1. The highest BCUT2D eigenvalue weighted by molar-refractivity contribution is 5.30. The molecule has 0 aliphatic heterocycles. The molecule has 1 aromatic carbocycles. The summed E-state index contributed by atoms with van der Waals surface area (Å²) >= 11 is 0. The van der Waals surface area contributed by atoms with Gasteiger partial charge < -0.3 is 14.4 Å². The van der Waals surface area contributed by atoms with Crippen LogP contribution >= 0.6 is 0 Å². The predicted molar refractivity (Wildman–Crippen MR) is 152 cm³/mol. The molecule has 202 valence electrons. The Labute approximate surface area is 220 Å². The summed E-state index contributed by atoms with van der Waals surface area (Å²) in [6.07, 6.45) is 24.6. The van der Waals surface area contributed by atoms with Crippen molar-refractivity contribution >= 4 is 0 Å². The van der Waals surface area contributed by atoms with Crippen molar-refractivity contribution in [1.82, 2.24) is 4.57 Å². The number of phenolic OH excluding ortho intramolecular Hbond substituents is 1. The summed E-state index contributed by atoms with van der Waals surface area (Å²) in [6, 6.07) is 8.54. The van der Waals surface area contributed by atoms with E-state index in [9.17, 15) is 9.90 Å². The number of aryl methyl sites for hydroxylation is 1. The van der Waals surface area contributed by atoms with Gasteiger partial charge in [0.05, 0.1) is 5.69 Å². The third kappa shape index (κ3) is 12.1. The molecular weight excluding hydrogens is 446 g/mol. The number of benzene rings is 1. The van der Waals surface area contributed by atoms with Crippen LogP contribution in [0.1, 0.15) is 128 Å². The number of aromatic nitrogens is 1. The molecule has 0 aliphatic carbocycles. The second kappa shape index (κ2) is 19.0. The fraction of sp³-hybridized carbons (Fsp3) is 0.656. The molecule has 0 bridgehead atoms. The van der Waals surface area contributed by atoms with E-state index in [0.717, 1.165) is 30.6 Å². The van der Waals surface area contributed by atoms with E-state index >= 15 is 0 Å². The molecule has 1 N–H and O–H groups in total. The standard InChI is InChI=1S/C32H51NO3/c1-3-5-6-7-8-9-10-11-12-13-14-15-16-17-18-19-25-33-26-24-31(35)32(30(33)4-2)36-27-28-20-22-29(34)23-21-28/h20-24,26,34H,3-19,25,27H2,1-2H3. The summed E-state index contributed by atoms with van der Waals surface area (Å²) in [4.78, 5) is 12.5. The molecule has 0 unspecified atom stereocenters. The van der Waals surface area contributed by atoms with E-state index in [4.69, 9.17) is 4.74 Å². The zero-order valence-electron chi connectivity index (χ0n) is 23.1. The van der Waals surface area contributed by atoms with Crippen LogP contribution in [-0.2, 0) is 19.6 Å². The Bertz CT molecular complexity index is 872. The van der Waals surface area contributed by atoms with Gasteiger partial charge in [0.25, 0.3) is 0 Å². The molecule has 0 spiro atoms. The van der Waals surface area contributed by atoms with Crippen molar-refractivity contribution in [2.75, 3.05) is 0 Å². The molecule has 0 aliphatic rings. The van der Waals surface area contributed by atoms with Crippen LogP contribution in [0, 0.1) is 0 Å². The maximum atomic E-state index is 12.5. The van der Waals surface area contributed by atoms with Gasteiger partial charge in [0.15, 0.2) is 5.75 Å². The summed E-state index contributed by atoms with van der Waals surface area (Å²) in [6.45, 7) is 5.61. The van der Waals surface area contributed by atoms with Gasteiger partial charge in [-0.15, -0.1) is 0 Å². The van der Waals surface area contributed by atoms with Crippen molar-refractivity contribution in [3.8, 4) is 11.5 Å². The molecular formula is C32H51NO3. The van der Waals surface area contributed by atoms with Crippen molar-refractivity contribution in [1.29, 1.82) is 0 Å². The number of nitrogens with zero attached hydrogens (tertiary/aromatic N) is 1. The number of rotatable bonds is 21. The van der Waals surface area contributed by atoms with Gasteiger partial charge in [-0.2, -0.15) is 0 Å². The third-order valence-corrected chi connectivity index (χ3v) is 7.15. The van der Waals surface area contributed by atoms with Gasteiger partial charge >= 0.3 is 0 Å². The number of phenols is 1. The van der Waals surface area contributed by atoms with Crippen LogP contribution in [0.2, 0.25) is 0 Å². The first-order chi connectivity index (χ1) is 17.7. The maximum Gasteiger partial charge on any atom is 0.223 e. The quantitative estimate of drug-likeness (QED) is 0.175. The molecule has 0 amide bonds. The lowest BCUT2D eigenvalue weighted by molar-refractivity contribution is 0.295. The summed E-state index contributed by atoms with van der Waals surface area (Å²) in [5, 5.41) is 9.45. The van der Waals surface area contributed by atoms with E-state index in [1.807, 2.05) is 18.3 Å². The molecule has 4 heteroatoms. The van der Waals surface area contributed by atoms with Crippen molar-refractivity contribution in [3.05, 3.63) is 58.0 Å². The van der Waals surface area contributed by atoms with Crippen LogP contribution in [-0.4, -0.2) is 9.67 Å². The number of ether oxygens (including phenoxy) is 1. The minimum absolute atomic E-state index is 0.0612. The monoisotopic (exact) mass is 497 g/mol. The van der Waals surface area contributed by atoms with E-state index in [-0.39, 0.29) is 11.2 Å². The number of pyridine rings is 1. The molecule has 0 atom stereocenters. The fourth-order valence-electron chi connectivity index (χ4n) is 4.90. The lowest BCUT2D eigenvalue weighted by atomic mass is 10.0. The van der Waals surface area contributed by atoms with Gasteiger partial charge in [-0.3, -0.25) is 4.79 Å². The molecule has 1 aromatic heterocycles. The number of hydrogen-bond acceptors (Lipinski definition) is 3. The highest BCUT2D eigenvalue weighted by Gasteiger charge is 2.11. The topological polar surface area (TPSA) is 51.5 Å². The SMILES string of the molecule is CCCCCCCCCCCCCCCCCCn1ccc(=O)c(OCc2ccc(O)cc2)c1CC. The number of hydrogen-bond donors (Lipinski definition) is 1. The fourth-order valence-corrected chi connectivity index (χ4v) is 4.90. The lowest BCUT2D eigenvalue weighted by Crippen LogP contribution is -2.16. The Morgan fingerprint density at radius 1 is 0.694 bits per heavy atom. The Hall–Kier alpha value is -2.23. The van der Waals surface area contributed by atoms with E-state index in [1.165, 1.54) is 96.3 Å². The van der Waals surface area contributed by atoms with Gasteiger partial charge in [-0.1, -0.05) is 122 Å². The van der Waals surface area contributed by atoms with Crippen molar-refractivity contribution in [3.63, 3.8) is 0 Å². The summed E-state index contributed by atoms with van der Waals surface area (Å²) in [5.74, 6) is 0.693. The summed E-state index contributed by atoms with van der Waals surface area (Å²) in [7, 11) is 0. The molecule has 0 radical (unpaired) electrons. The van der Waals surface area contributed by atoms with Crippen LogP contribution in [0.4, 0.5) is 0 Å². The second-order valence-corrected chi connectivity index (χ2v) is 10.3. The van der Waals surface area contributed by atoms with Crippen molar-refractivity contribution in [2.45, 2.75) is 136 Å². The predicted octanol–water partition coefficient (Wildman–Crippen LogP) is 8.96. The van der Waals surface area contributed by atoms with E-state index in [0.29, 0.717) is 12.4 Å². The first-order valence-corrected chi connectivity index (χ1v) is 14.8. The summed E-state index contributed by atoms with van der Waals surface area (Å²) < 4.78 is 8.14. The van der Waals surface area contributed by atoms with E-state index in [1.54, 1.807) is 18.2 Å². The Balaban J connectivity index is 1.57. The van der Waals surface area contributed by atoms with Crippen LogP contribution in [0.25, 0.3) is 0 Å². The highest BCUT2D eigenvalue weighted by Crippen LogP contribution is 2.19. The van der Waals surface area contributed by atoms with Gasteiger partial charge in [0.2, 0.25) is 5.43 Å². The Morgan fingerprint density at radius 2 is 1.19 bits per heavy atom. The van der Waals surface area contributed by atoms with Crippen molar-refractivity contribution < 1.29 is 9.84 Å². The minimum atomic E-state index is -0.0612. The molecule has 2 aromatic rings. The number of unbranched alkanes of at least 4 members (excludes halogenated alkanes) is 15. The average molecular weight is 498 g/mol. The highest BCUT2D eigenvalue weighted by atomic mass is 16.5. The van der Waals surface area contributed by atoms with Crippen LogP contribution < -0.4 is 10.2 Å². The molecule has 0 fully saturated rings. The smallest absolute Gasteiger partial charge is 0.223 e. The maximum absolute atomic E-state index is 12.5. The van der Waals surface area contributed by atoms with Crippen molar-refractivity contribution in [2.24, 2.45) is 0 Å². The molecule has 0 saturated heterocycles. The number of aromatic hydroxyl groups is 1. The second-order valence-electron chi connectivity index (χ2n) is 10.3. The average Bonchev–Trinajstić information content (AvgIpc) is 2.89. The molecule has 4 nitrogen and oxygen atoms in total. The summed E-state index contributed by atoms with van der Waals surface area (Å²) in [5.41, 5.74) is 1.85.